The maximum absolute atomic E-state index is 13.0. The molecule has 0 fully saturated rings. The Hall–Kier alpha value is -3.02. The first-order valence-electron chi connectivity index (χ1n) is 8.31. The number of rotatable bonds is 6. The summed E-state index contributed by atoms with van der Waals surface area (Å²) >= 11 is 0. The van der Waals surface area contributed by atoms with E-state index in [1.165, 1.54) is 0 Å². The summed E-state index contributed by atoms with van der Waals surface area (Å²) in [5, 5.41) is 0. The third-order valence-corrected chi connectivity index (χ3v) is 4.94. The van der Waals surface area contributed by atoms with Crippen molar-refractivity contribution in [1.82, 2.24) is 4.90 Å². The summed E-state index contributed by atoms with van der Waals surface area (Å²) in [6, 6.07) is 12.8. The first kappa shape index (κ1) is 17.8. The number of ether oxygens (including phenoxy) is 2. The fourth-order valence-corrected chi connectivity index (χ4v) is 3.52. The van der Waals surface area contributed by atoms with Crippen LogP contribution in [0.5, 0.6) is 11.5 Å². The molecule has 1 aliphatic heterocycles. The topological polar surface area (TPSA) is 81.9 Å². The molecule has 2 amide bonds. The molecule has 1 heterocycles. The third kappa shape index (κ3) is 2.87. The normalized spacial score (nSPS) is 15.3. The second-order valence-electron chi connectivity index (χ2n) is 6.54. The van der Waals surface area contributed by atoms with Crippen molar-refractivity contribution in [3.05, 3.63) is 59.2 Å². The Balaban J connectivity index is 2.09. The smallest absolute Gasteiger partial charge is 0.255 e. The van der Waals surface area contributed by atoms with Gasteiger partial charge in [-0.1, -0.05) is 24.3 Å². The molecule has 1 unspecified atom stereocenters. The van der Waals surface area contributed by atoms with E-state index in [0.29, 0.717) is 23.6 Å². The highest BCUT2D eigenvalue weighted by atomic mass is 16.5. The zero-order chi connectivity index (χ0) is 18.9. The van der Waals surface area contributed by atoms with Gasteiger partial charge in [0, 0.05) is 12.1 Å². The number of hydrogen-bond acceptors (Lipinski definition) is 4. The van der Waals surface area contributed by atoms with E-state index in [4.69, 9.17) is 15.2 Å². The predicted octanol–water partition coefficient (Wildman–Crippen LogP) is 2.45. The summed E-state index contributed by atoms with van der Waals surface area (Å²) in [6.07, 6.45) is 0.00219. The number of methoxy groups -OCH3 is 2. The number of fused-ring (bicyclic) bond motifs is 1. The highest BCUT2D eigenvalue weighted by Gasteiger charge is 2.43. The van der Waals surface area contributed by atoms with Crippen LogP contribution in [0.4, 0.5) is 0 Å². The van der Waals surface area contributed by atoms with Gasteiger partial charge in [-0.05, 0) is 36.2 Å². The maximum atomic E-state index is 13.0. The Morgan fingerprint density at radius 2 is 1.85 bits per heavy atom. The Morgan fingerprint density at radius 3 is 2.46 bits per heavy atom. The molecule has 2 aromatic rings. The van der Waals surface area contributed by atoms with Gasteiger partial charge in [0.2, 0.25) is 5.91 Å². The van der Waals surface area contributed by atoms with Crippen LogP contribution in [0.2, 0.25) is 0 Å². The molecule has 0 bridgehead atoms. The van der Waals surface area contributed by atoms with Crippen molar-refractivity contribution in [3.63, 3.8) is 0 Å². The SMILES string of the molecule is COc1ccc(C(C)(CC(N)=O)N2Cc3ccccc3C2=O)cc1OC. The first-order valence-corrected chi connectivity index (χ1v) is 8.31. The predicted molar refractivity (Wildman–Crippen MR) is 97.0 cm³/mol. The molecule has 26 heavy (non-hydrogen) atoms. The Morgan fingerprint density at radius 1 is 1.15 bits per heavy atom. The Bertz CT molecular complexity index is 865. The third-order valence-electron chi connectivity index (χ3n) is 4.94. The Labute approximate surface area is 152 Å². The minimum atomic E-state index is -0.901. The quantitative estimate of drug-likeness (QED) is 0.864. The lowest BCUT2D eigenvalue weighted by molar-refractivity contribution is -0.120. The minimum Gasteiger partial charge on any atom is -0.493 e. The van der Waals surface area contributed by atoms with Gasteiger partial charge in [-0.25, -0.2) is 0 Å². The first-order chi connectivity index (χ1) is 12.4. The van der Waals surface area contributed by atoms with Crippen molar-refractivity contribution in [1.29, 1.82) is 0 Å². The molecule has 0 radical (unpaired) electrons. The number of nitrogens with zero attached hydrogens (tertiary/aromatic N) is 1. The molecule has 1 atom stereocenters. The highest BCUT2D eigenvalue weighted by molar-refractivity contribution is 5.99. The second-order valence-corrected chi connectivity index (χ2v) is 6.54. The molecule has 2 aromatic carbocycles. The molecule has 3 rings (SSSR count). The minimum absolute atomic E-state index is 0.00219. The number of amides is 2. The van der Waals surface area contributed by atoms with Crippen LogP contribution in [0.15, 0.2) is 42.5 Å². The molecule has 6 heteroatoms. The van der Waals surface area contributed by atoms with Crippen LogP contribution in [-0.2, 0) is 16.9 Å². The van der Waals surface area contributed by atoms with Crippen LogP contribution < -0.4 is 15.2 Å². The average Bonchev–Trinajstić information content (AvgIpc) is 2.98. The van der Waals surface area contributed by atoms with E-state index in [1.807, 2.05) is 31.2 Å². The summed E-state index contributed by atoms with van der Waals surface area (Å²) in [4.78, 5) is 26.5. The lowest BCUT2D eigenvalue weighted by Gasteiger charge is -2.39. The van der Waals surface area contributed by atoms with Crippen molar-refractivity contribution in [2.75, 3.05) is 14.2 Å². The van der Waals surface area contributed by atoms with E-state index in [9.17, 15) is 9.59 Å². The number of carbonyl (C=O) groups excluding carboxylic acids is 2. The van der Waals surface area contributed by atoms with Gasteiger partial charge in [-0.3, -0.25) is 9.59 Å². The lowest BCUT2D eigenvalue weighted by Crippen LogP contribution is -2.46. The Kier molecular flexibility index (Phi) is 4.59. The van der Waals surface area contributed by atoms with Crippen molar-refractivity contribution >= 4 is 11.8 Å². The highest BCUT2D eigenvalue weighted by Crippen LogP contribution is 2.41. The lowest BCUT2D eigenvalue weighted by atomic mass is 9.86. The molecule has 0 aromatic heterocycles. The number of benzene rings is 2. The van der Waals surface area contributed by atoms with E-state index < -0.39 is 11.4 Å². The molecule has 6 nitrogen and oxygen atoms in total. The van der Waals surface area contributed by atoms with Gasteiger partial charge in [0.25, 0.3) is 5.91 Å². The second kappa shape index (κ2) is 6.71. The monoisotopic (exact) mass is 354 g/mol. The zero-order valence-corrected chi connectivity index (χ0v) is 15.1. The number of hydrogen-bond donors (Lipinski definition) is 1. The molecule has 0 spiro atoms. The van der Waals surface area contributed by atoms with Gasteiger partial charge in [0.05, 0.1) is 26.2 Å². The standard InChI is InChI=1S/C20H22N2O4/c1-20(11-18(21)23,14-8-9-16(25-2)17(10-14)26-3)22-12-13-6-4-5-7-15(13)19(22)24/h4-10H,11-12H2,1-3H3,(H2,21,23). The number of primary amides is 1. The molecule has 0 aliphatic carbocycles. The van der Waals surface area contributed by atoms with Gasteiger partial charge >= 0.3 is 0 Å². The van der Waals surface area contributed by atoms with Crippen molar-refractivity contribution < 1.29 is 19.1 Å². The van der Waals surface area contributed by atoms with Gasteiger partial charge < -0.3 is 20.1 Å². The fraction of sp³-hybridized carbons (Fsp3) is 0.300. The van der Waals surface area contributed by atoms with Crippen molar-refractivity contribution in [2.45, 2.75) is 25.4 Å². The van der Waals surface area contributed by atoms with Crippen LogP contribution in [0.3, 0.4) is 0 Å². The van der Waals surface area contributed by atoms with Gasteiger partial charge in [-0.15, -0.1) is 0 Å². The van der Waals surface area contributed by atoms with Crippen LogP contribution in [0.1, 0.15) is 34.8 Å². The van der Waals surface area contributed by atoms with Crippen molar-refractivity contribution in [2.24, 2.45) is 5.73 Å². The zero-order valence-electron chi connectivity index (χ0n) is 15.1. The molecule has 2 N–H and O–H groups in total. The van der Waals surface area contributed by atoms with E-state index in [0.717, 1.165) is 11.1 Å². The fourth-order valence-electron chi connectivity index (χ4n) is 3.52. The van der Waals surface area contributed by atoms with Gasteiger partial charge in [-0.2, -0.15) is 0 Å². The summed E-state index contributed by atoms with van der Waals surface area (Å²) in [7, 11) is 3.10. The van der Waals surface area contributed by atoms with Crippen LogP contribution >= 0.6 is 0 Å². The molecular weight excluding hydrogens is 332 g/mol. The van der Waals surface area contributed by atoms with Gasteiger partial charge in [0.1, 0.15) is 0 Å². The molecule has 0 saturated heterocycles. The van der Waals surface area contributed by atoms with Crippen LogP contribution in [0.25, 0.3) is 0 Å². The number of carbonyl (C=O) groups is 2. The average molecular weight is 354 g/mol. The maximum Gasteiger partial charge on any atom is 0.255 e. The molecule has 1 aliphatic rings. The molecule has 136 valence electrons. The summed E-state index contributed by atoms with van der Waals surface area (Å²) in [5.74, 6) is 0.517. The van der Waals surface area contributed by atoms with E-state index >= 15 is 0 Å². The van der Waals surface area contributed by atoms with Crippen molar-refractivity contribution in [3.8, 4) is 11.5 Å². The summed E-state index contributed by atoms with van der Waals surface area (Å²) in [5.41, 5.74) is 6.98. The van der Waals surface area contributed by atoms with Crippen LogP contribution in [0, 0.1) is 0 Å². The van der Waals surface area contributed by atoms with Crippen LogP contribution in [-0.4, -0.2) is 30.9 Å². The summed E-state index contributed by atoms with van der Waals surface area (Å²) in [6.45, 7) is 2.27. The van der Waals surface area contributed by atoms with E-state index in [2.05, 4.69) is 0 Å². The van der Waals surface area contributed by atoms with E-state index in [-0.39, 0.29) is 12.3 Å². The number of nitrogens with two attached hydrogens (primary N) is 1. The van der Waals surface area contributed by atoms with Gasteiger partial charge in [0.15, 0.2) is 11.5 Å². The summed E-state index contributed by atoms with van der Waals surface area (Å²) < 4.78 is 10.7. The van der Waals surface area contributed by atoms with E-state index in [1.54, 1.807) is 37.3 Å². The molecule has 0 saturated carbocycles. The molecular formula is C20H22N2O4. The largest absolute Gasteiger partial charge is 0.493 e.